The molecule has 1 heterocycles. The minimum Gasteiger partial charge on any atom is -0.382 e. The van der Waals surface area contributed by atoms with Gasteiger partial charge in [0.25, 0.3) is 0 Å². The second-order valence-corrected chi connectivity index (χ2v) is 3.21. The van der Waals surface area contributed by atoms with E-state index in [9.17, 15) is 0 Å². The van der Waals surface area contributed by atoms with E-state index in [0.717, 1.165) is 5.69 Å². The lowest BCUT2D eigenvalue weighted by Crippen LogP contribution is -2.02. The molecular weight excluding hydrogens is 170 g/mol. The van der Waals surface area contributed by atoms with Crippen LogP contribution in [0.4, 0.5) is 0 Å². The average molecular weight is 179 g/mol. The topological polar surface area (TPSA) is 39.9 Å². The lowest BCUT2D eigenvalue weighted by Gasteiger charge is -2.04. The van der Waals surface area contributed by atoms with Gasteiger partial charge in [0, 0.05) is 25.7 Å². The van der Waals surface area contributed by atoms with Gasteiger partial charge in [0.1, 0.15) is 6.07 Å². The molecule has 62 valence electrons. The van der Waals surface area contributed by atoms with Crippen molar-refractivity contribution in [2.45, 2.75) is 0 Å². The third-order valence-corrected chi connectivity index (χ3v) is 1.80. The Morgan fingerprint density at radius 3 is 2.92 bits per heavy atom. The Bertz CT molecular complexity index is 306. The SMILES string of the molecule is CN(C)/C=C(\C#N)c1cscn1. The van der Waals surface area contributed by atoms with Gasteiger partial charge in [-0.25, -0.2) is 4.98 Å². The number of thiazole rings is 1. The Balaban J connectivity index is 2.93. The number of hydrogen-bond donors (Lipinski definition) is 0. The van der Waals surface area contributed by atoms with Crippen molar-refractivity contribution in [1.82, 2.24) is 9.88 Å². The highest BCUT2D eigenvalue weighted by molar-refractivity contribution is 7.07. The molecule has 0 saturated carbocycles. The number of aromatic nitrogens is 1. The molecule has 0 unspecified atom stereocenters. The molecule has 0 aliphatic rings. The fraction of sp³-hybridized carbons (Fsp3) is 0.250. The summed E-state index contributed by atoms with van der Waals surface area (Å²) in [6.07, 6.45) is 1.76. The number of nitriles is 1. The van der Waals surface area contributed by atoms with Gasteiger partial charge < -0.3 is 4.90 Å². The summed E-state index contributed by atoms with van der Waals surface area (Å²) in [5, 5.41) is 10.6. The first-order valence-electron chi connectivity index (χ1n) is 3.41. The standard InChI is InChI=1S/C8H9N3S/c1-11(2)4-7(3-9)8-5-12-6-10-8/h4-6H,1-2H3/b7-4+. The fourth-order valence-electron chi connectivity index (χ4n) is 0.756. The maximum Gasteiger partial charge on any atom is 0.103 e. The van der Waals surface area contributed by atoms with Crippen molar-refractivity contribution in [3.05, 3.63) is 22.8 Å². The van der Waals surface area contributed by atoms with E-state index >= 15 is 0 Å². The monoisotopic (exact) mass is 179 g/mol. The fourth-order valence-corrected chi connectivity index (χ4v) is 1.31. The summed E-state index contributed by atoms with van der Waals surface area (Å²) in [7, 11) is 3.76. The summed E-state index contributed by atoms with van der Waals surface area (Å²) < 4.78 is 0. The first-order valence-corrected chi connectivity index (χ1v) is 4.35. The largest absolute Gasteiger partial charge is 0.382 e. The van der Waals surface area contributed by atoms with E-state index in [-0.39, 0.29) is 0 Å². The molecule has 1 aromatic rings. The highest BCUT2D eigenvalue weighted by Crippen LogP contribution is 2.12. The predicted molar refractivity (Wildman–Crippen MR) is 49.4 cm³/mol. The van der Waals surface area contributed by atoms with Crippen molar-refractivity contribution in [3.8, 4) is 6.07 Å². The second-order valence-electron chi connectivity index (χ2n) is 2.49. The minimum atomic E-state index is 0.598. The van der Waals surface area contributed by atoms with Crippen LogP contribution in [0.1, 0.15) is 5.69 Å². The molecule has 0 aromatic carbocycles. The molecule has 0 saturated heterocycles. The van der Waals surface area contributed by atoms with Crippen LogP contribution in [0.15, 0.2) is 17.1 Å². The molecule has 0 fully saturated rings. The maximum absolute atomic E-state index is 8.77. The van der Waals surface area contributed by atoms with Crippen molar-refractivity contribution in [1.29, 1.82) is 5.26 Å². The van der Waals surface area contributed by atoms with Crippen molar-refractivity contribution in [2.24, 2.45) is 0 Å². The first kappa shape index (κ1) is 8.75. The zero-order valence-corrected chi connectivity index (χ0v) is 7.80. The third kappa shape index (κ3) is 2.07. The van der Waals surface area contributed by atoms with Crippen LogP contribution in [0.5, 0.6) is 0 Å². The summed E-state index contributed by atoms with van der Waals surface area (Å²) in [4.78, 5) is 5.87. The predicted octanol–water partition coefficient (Wildman–Crippen LogP) is 1.57. The molecule has 0 aliphatic carbocycles. The van der Waals surface area contributed by atoms with E-state index in [1.54, 1.807) is 11.7 Å². The van der Waals surface area contributed by atoms with Crippen LogP contribution in [0.25, 0.3) is 5.57 Å². The Morgan fingerprint density at radius 2 is 2.50 bits per heavy atom. The normalized spacial score (nSPS) is 10.9. The Kier molecular flexibility index (Phi) is 2.83. The molecule has 0 radical (unpaired) electrons. The average Bonchev–Trinajstić information content (AvgIpc) is 2.51. The van der Waals surface area contributed by atoms with Crippen LogP contribution in [0, 0.1) is 11.3 Å². The molecule has 0 N–H and O–H groups in total. The molecule has 0 spiro atoms. The summed E-state index contributed by atoms with van der Waals surface area (Å²) in [5.74, 6) is 0. The van der Waals surface area contributed by atoms with E-state index in [4.69, 9.17) is 5.26 Å². The maximum atomic E-state index is 8.77. The highest BCUT2D eigenvalue weighted by Gasteiger charge is 2.01. The third-order valence-electron chi connectivity index (χ3n) is 1.22. The van der Waals surface area contributed by atoms with Crippen LogP contribution in [-0.4, -0.2) is 24.0 Å². The highest BCUT2D eigenvalue weighted by atomic mass is 32.1. The number of hydrogen-bond acceptors (Lipinski definition) is 4. The zero-order chi connectivity index (χ0) is 8.97. The summed E-state index contributed by atoms with van der Waals surface area (Å²) >= 11 is 1.49. The van der Waals surface area contributed by atoms with E-state index in [2.05, 4.69) is 11.1 Å². The van der Waals surface area contributed by atoms with Crippen LogP contribution < -0.4 is 0 Å². The number of rotatable bonds is 2. The molecule has 4 heteroatoms. The number of allylic oxidation sites excluding steroid dienone is 1. The van der Waals surface area contributed by atoms with Gasteiger partial charge in [0.15, 0.2) is 0 Å². The van der Waals surface area contributed by atoms with E-state index in [1.807, 2.05) is 24.4 Å². The van der Waals surface area contributed by atoms with Gasteiger partial charge in [0.05, 0.1) is 16.8 Å². The molecule has 1 rings (SSSR count). The van der Waals surface area contributed by atoms with Crippen LogP contribution in [0.2, 0.25) is 0 Å². The molecule has 0 atom stereocenters. The smallest absolute Gasteiger partial charge is 0.103 e. The molecule has 1 aromatic heterocycles. The van der Waals surface area contributed by atoms with E-state index in [1.165, 1.54) is 11.3 Å². The lowest BCUT2D eigenvalue weighted by molar-refractivity contribution is 0.566. The van der Waals surface area contributed by atoms with E-state index in [0.29, 0.717) is 5.57 Å². The van der Waals surface area contributed by atoms with Gasteiger partial charge >= 0.3 is 0 Å². The minimum absolute atomic E-state index is 0.598. The van der Waals surface area contributed by atoms with Crippen LogP contribution in [-0.2, 0) is 0 Å². The summed E-state index contributed by atoms with van der Waals surface area (Å²) in [5.41, 5.74) is 3.06. The van der Waals surface area contributed by atoms with Gasteiger partial charge in [-0.3, -0.25) is 0 Å². The van der Waals surface area contributed by atoms with Crippen LogP contribution in [0.3, 0.4) is 0 Å². The van der Waals surface area contributed by atoms with Gasteiger partial charge in [-0.2, -0.15) is 5.26 Å². The molecule has 0 aliphatic heterocycles. The van der Waals surface area contributed by atoms with Crippen molar-refractivity contribution in [3.63, 3.8) is 0 Å². The molecule has 0 amide bonds. The van der Waals surface area contributed by atoms with Crippen LogP contribution >= 0.6 is 11.3 Å². The quantitative estimate of drug-likeness (QED) is 0.647. The van der Waals surface area contributed by atoms with Gasteiger partial charge in [0.2, 0.25) is 0 Å². The second kappa shape index (κ2) is 3.88. The summed E-state index contributed by atoms with van der Waals surface area (Å²) in [6.45, 7) is 0. The van der Waals surface area contributed by atoms with Crippen molar-refractivity contribution < 1.29 is 0 Å². The lowest BCUT2D eigenvalue weighted by atomic mass is 10.2. The van der Waals surface area contributed by atoms with E-state index < -0.39 is 0 Å². The van der Waals surface area contributed by atoms with Gasteiger partial charge in [-0.15, -0.1) is 11.3 Å². The Hall–Kier alpha value is -1.34. The Morgan fingerprint density at radius 1 is 1.75 bits per heavy atom. The zero-order valence-electron chi connectivity index (χ0n) is 6.98. The molecule has 0 bridgehead atoms. The molecule has 12 heavy (non-hydrogen) atoms. The molecule has 3 nitrogen and oxygen atoms in total. The van der Waals surface area contributed by atoms with Gasteiger partial charge in [-0.05, 0) is 0 Å². The molecular formula is C8H9N3S. The summed E-state index contributed by atoms with van der Waals surface area (Å²) in [6, 6.07) is 2.10. The first-order chi connectivity index (χ1) is 5.74. The Labute approximate surface area is 75.6 Å². The number of nitrogens with zero attached hydrogens (tertiary/aromatic N) is 3. The van der Waals surface area contributed by atoms with Crippen molar-refractivity contribution >= 4 is 16.9 Å². The van der Waals surface area contributed by atoms with Crippen molar-refractivity contribution in [2.75, 3.05) is 14.1 Å². The van der Waals surface area contributed by atoms with Gasteiger partial charge in [-0.1, -0.05) is 0 Å².